The van der Waals surface area contributed by atoms with Gasteiger partial charge in [-0.25, -0.2) is 8.42 Å². The van der Waals surface area contributed by atoms with Gasteiger partial charge in [0.2, 0.25) is 0 Å². The minimum absolute atomic E-state index is 0.00268. The van der Waals surface area contributed by atoms with Gasteiger partial charge in [-0.15, -0.1) is 0 Å². The molecule has 2 heterocycles. The van der Waals surface area contributed by atoms with Crippen molar-refractivity contribution in [2.45, 2.75) is 27.2 Å². The van der Waals surface area contributed by atoms with Crippen LogP contribution in [0.25, 0.3) is 11.0 Å². The van der Waals surface area contributed by atoms with E-state index in [2.05, 4.69) is 5.32 Å². The van der Waals surface area contributed by atoms with E-state index in [0.717, 1.165) is 27.7 Å². The molecule has 1 N–H and O–H groups in total. The van der Waals surface area contributed by atoms with Gasteiger partial charge < -0.3 is 9.73 Å². The molecule has 0 radical (unpaired) electrons. The molecule has 1 saturated heterocycles. The predicted molar refractivity (Wildman–Crippen MR) is 89.5 cm³/mol. The van der Waals surface area contributed by atoms with Crippen molar-refractivity contribution in [3.8, 4) is 0 Å². The summed E-state index contributed by atoms with van der Waals surface area (Å²) >= 11 is 0. The van der Waals surface area contributed by atoms with E-state index in [1.54, 1.807) is 0 Å². The highest BCUT2D eigenvalue weighted by molar-refractivity contribution is 7.91. The van der Waals surface area contributed by atoms with Crippen molar-refractivity contribution < 1.29 is 17.6 Å². The Hall–Kier alpha value is -1.82. The van der Waals surface area contributed by atoms with E-state index < -0.39 is 9.84 Å². The summed E-state index contributed by atoms with van der Waals surface area (Å²) in [7, 11) is -2.92. The smallest absolute Gasteiger partial charge is 0.287 e. The maximum absolute atomic E-state index is 12.4. The lowest BCUT2D eigenvalue weighted by Crippen LogP contribution is -2.29. The van der Waals surface area contributed by atoms with Crippen LogP contribution < -0.4 is 5.32 Å². The van der Waals surface area contributed by atoms with Crippen LogP contribution in [0, 0.1) is 26.7 Å². The lowest BCUT2D eigenvalue weighted by Gasteiger charge is -2.08. The van der Waals surface area contributed by atoms with Crippen LogP contribution >= 0.6 is 0 Å². The molecule has 1 unspecified atom stereocenters. The van der Waals surface area contributed by atoms with Crippen LogP contribution in [-0.2, 0) is 9.84 Å². The summed E-state index contributed by atoms with van der Waals surface area (Å²) in [5.74, 6) is 0.414. The first-order valence-electron chi connectivity index (χ1n) is 7.76. The summed E-state index contributed by atoms with van der Waals surface area (Å²) in [5, 5.41) is 3.81. The summed E-state index contributed by atoms with van der Waals surface area (Å²) < 4.78 is 28.7. The molecule has 0 bridgehead atoms. The average Bonchev–Trinajstić information content (AvgIpc) is 3.01. The van der Waals surface area contributed by atoms with Crippen LogP contribution in [0.2, 0.25) is 0 Å². The molecule has 23 heavy (non-hydrogen) atoms. The number of hydrogen-bond donors (Lipinski definition) is 1. The SMILES string of the molecule is Cc1ccc(C)c2c(C)c(C(=O)NCC3CCS(=O)(=O)C3)oc12. The molecule has 0 saturated carbocycles. The maximum Gasteiger partial charge on any atom is 0.287 e. The van der Waals surface area contributed by atoms with Gasteiger partial charge in [0.15, 0.2) is 15.6 Å². The normalized spacial score (nSPS) is 20.0. The Morgan fingerprint density at radius 1 is 1.26 bits per heavy atom. The van der Waals surface area contributed by atoms with Crippen molar-refractivity contribution in [3.63, 3.8) is 0 Å². The van der Waals surface area contributed by atoms with Gasteiger partial charge in [0.1, 0.15) is 5.58 Å². The fourth-order valence-corrected chi connectivity index (χ4v) is 5.10. The minimum atomic E-state index is -2.92. The third-order valence-corrected chi connectivity index (χ3v) is 6.40. The number of carbonyl (C=O) groups is 1. The second-order valence-electron chi connectivity index (χ2n) is 6.44. The number of amides is 1. The van der Waals surface area contributed by atoms with E-state index in [1.165, 1.54) is 0 Å². The fraction of sp³-hybridized carbons (Fsp3) is 0.471. The molecule has 1 amide bonds. The first-order chi connectivity index (χ1) is 10.8. The summed E-state index contributed by atoms with van der Waals surface area (Å²) in [6, 6.07) is 4.00. The maximum atomic E-state index is 12.4. The molecule has 1 aliphatic heterocycles. The van der Waals surface area contributed by atoms with E-state index >= 15 is 0 Å². The molecule has 1 fully saturated rings. The number of hydrogen-bond acceptors (Lipinski definition) is 4. The predicted octanol–water partition coefficient (Wildman–Crippen LogP) is 2.52. The molecule has 1 aliphatic rings. The molecule has 5 nitrogen and oxygen atoms in total. The second-order valence-corrected chi connectivity index (χ2v) is 8.67. The Labute approximate surface area is 136 Å². The van der Waals surface area contributed by atoms with Crippen LogP contribution in [0.5, 0.6) is 0 Å². The largest absolute Gasteiger partial charge is 0.450 e. The van der Waals surface area contributed by atoms with E-state index in [1.807, 2.05) is 32.9 Å². The zero-order valence-corrected chi connectivity index (χ0v) is 14.4. The molecule has 0 aliphatic carbocycles. The van der Waals surface area contributed by atoms with Gasteiger partial charge in [-0.2, -0.15) is 0 Å². The Kier molecular flexibility index (Phi) is 3.96. The molecule has 6 heteroatoms. The number of sulfone groups is 1. The molecule has 124 valence electrons. The molecular formula is C17H21NO4S. The van der Waals surface area contributed by atoms with Crippen molar-refractivity contribution in [1.82, 2.24) is 5.32 Å². The van der Waals surface area contributed by atoms with Gasteiger partial charge in [0.05, 0.1) is 11.5 Å². The van der Waals surface area contributed by atoms with E-state index in [9.17, 15) is 13.2 Å². The first kappa shape index (κ1) is 16.1. The lowest BCUT2D eigenvalue weighted by atomic mass is 10.0. The van der Waals surface area contributed by atoms with Crippen molar-refractivity contribution in [2.75, 3.05) is 18.1 Å². The molecule has 2 aromatic rings. The standard InChI is InChI=1S/C17H21NO4S/c1-10-4-5-11(2)15-14(10)12(3)16(22-15)17(19)18-8-13-6-7-23(20,21)9-13/h4-5,13H,6-9H2,1-3H3,(H,18,19). The molecule has 1 aromatic carbocycles. The topological polar surface area (TPSA) is 76.4 Å². The van der Waals surface area contributed by atoms with Crippen molar-refractivity contribution in [2.24, 2.45) is 5.92 Å². The van der Waals surface area contributed by atoms with Gasteiger partial charge in [-0.3, -0.25) is 4.79 Å². The Balaban J connectivity index is 1.80. The third-order valence-electron chi connectivity index (χ3n) is 4.57. The van der Waals surface area contributed by atoms with Gasteiger partial charge in [0.25, 0.3) is 5.91 Å². The highest BCUT2D eigenvalue weighted by Crippen LogP contribution is 2.30. The highest BCUT2D eigenvalue weighted by atomic mass is 32.2. The zero-order valence-electron chi connectivity index (χ0n) is 13.6. The molecule has 1 aromatic heterocycles. The van der Waals surface area contributed by atoms with Crippen LogP contribution in [0.3, 0.4) is 0 Å². The summed E-state index contributed by atoms with van der Waals surface area (Å²) in [5.41, 5.74) is 3.65. The number of furan rings is 1. The number of rotatable bonds is 3. The minimum Gasteiger partial charge on any atom is -0.450 e. The van der Waals surface area contributed by atoms with Gasteiger partial charge >= 0.3 is 0 Å². The Morgan fingerprint density at radius 3 is 2.57 bits per heavy atom. The Morgan fingerprint density at radius 2 is 1.96 bits per heavy atom. The highest BCUT2D eigenvalue weighted by Gasteiger charge is 2.28. The number of fused-ring (bicyclic) bond motifs is 1. The van der Waals surface area contributed by atoms with E-state index in [-0.39, 0.29) is 23.3 Å². The van der Waals surface area contributed by atoms with E-state index in [0.29, 0.717) is 18.7 Å². The average molecular weight is 335 g/mol. The summed E-state index contributed by atoms with van der Waals surface area (Å²) in [4.78, 5) is 12.4. The number of nitrogens with one attached hydrogen (secondary N) is 1. The Bertz CT molecular complexity index is 880. The molecule has 0 spiro atoms. The number of aryl methyl sites for hydroxylation is 3. The summed E-state index contributed by atoms with van der Waals surface area (Å²) in [6.45, 7) is 6.20. The van der Waals surface area contributed by atoms with Crippen LogP contribution in [-0.4, -0.2) is 32.4 Å². The first-order valence-corrected chi connectivity index (χ1v) is 9.58. The monoisotopic (exact) mass is 335 g/mol. The summed E-state index contributed by atoms with van der Waals surface area (Å²) in [6.07, 6.45) is 0.611. The molecular weight excluding hydrogens is 314 g/mol. The van der Waals surface area contributed by atoms with Crippen LogP contribution in [0.15, 0.2) is 16.5 Å². The van der Waals surface area contributed by atoms with E-state index in [4.69, 9.17) is 4.42 Å². The molecule has 3 rings (SSSR count). The third kappa shape index (κ3) is 3.00. The van der Waals surface area contributed by atoms with Crippen molar-refractivity contribution in [1.29, 1.82) is 0 Å². The van der Waals surface area contributed by atoms with Crippen LogP contribution in [0.1, 0.15) is 33.7 Å². The molecule has 1 atom stereocenters. The number of benzene rings is 1. The zero-order chi connectivity index (χ0) is 16.8. The van der Waals surface area contributed by atoms with Crippen molar-refractivity contribution >= 4 is 26.7 Å². The second kappa shape index (κ2) is 5.67. The lowest BCUT2D eigenvalue weighted by molar-refractivity contribution is 0.0922. The quantitative estimate of drug-likeness (QED) is 0.935. The van der Waals surface area contributed by atoms with Crippen LogP contribution in [0.4, 0.5) is 0 Å². The van der Waals surface area contributed by atoms with Gasteiger partial charge in [-0.05, 0) is 44.2 Å². The van der Waals surface area contributed by atoms with Crippen molar-refractivity contribution in [3.05, 3.63) is 34.6 Å². The number of carbonyl (C=O) groups excluding carboxylic acids is 1. The van der Waals surface area contributed by atoms with Gasteiger partial charge in [-0.1, -0.05) is 12.1 Å². The van der Waals surface area contributed by atoms with Gasteiger partial charge in [0, 0.05) is 17.5 Å². The fourth-order valence-electron chi connectivity index (χ4n) is 3.24.